The van der Waals surface area contributed by atoms with Gasteiger partial charge in [0.1, 0.15) is 5.54 Å². The third-order valence-corrected chi connectivity index (χ3v) is 2.53. The van der Waals surface area contributed by atoms with Gasteiger partial charge in [0.2, 0.25) is 0 Å². The normalized spacial score (nSPS) is 47.2. The Hall–Kier alpha value is -0.550. The minimum atomic E-state index is -0.0926. The molecule has 2 aliphatic heterocycles. The van der Waals surface area contributed by atoms with E-state index in [0.29, 0.717) is 6.04 Å². The van der Waals surface area contributed by atoms with Crippen LogP contribution in [0.15, 0.2) is 0 Å². The van der Waals surface area contributed by atoms with E-state index in [1.54, 1.807) is 0 Å². The van der Waals surface area contributed by atoms with Crippen LogP contribution >= 0.6 is 0 Å². The van der Waals surface area contributed by atoms with Crippen LogP contribution in [-0.2, 0) is 0 Å². The quantitative estimate of drug-likeness (QED) is 0.515. The van der Waals surface area contributed by atoms with Gasteiger partial charge in [0.25, 0.3) is 0 Å². The van der Waals surface area contributed by atoms with Crippen molar-refractivity contribution in [2.75, 3.05) is 0 Å². The largest absolute Gasteiger partial charge is 0.297 e. The van der Waals surface area contributed by atoms with Gasteiger partial charge in [-0.2, -0.15) is 5.26 Å². The highest BCUT2D eigenvalue weighted by atomic mass is 15.1. The molecule has 2 heteroatoms. The number of hydrogen-bond donors (Lipinski definition) is 1. The van der Waals surface area contributed by atoms with Crippen molar-refractivity contribution in [3.8, 4) is 6.07 Å². The zero-order chi connectivity index (χ0) is 6.32. The first-order valence-corrected chi connectivity index (χ1v) is 3.54. The minimum absolute atomic E-state index is 0.0926. The zero-order valence-corrected chi connectivity index (χ0v) is 5.35. The molecule has 0 spiro atoms. The number of rotatable bonds is 0. The van der Waals surface area contributed by atoms with Gasteiger partial charge in [0, 0.05) is 6.04 Å². The van der Waals surface area contributed by atoms with E-state index in [2.05, 4.69) is 11.4 Å². The fourth-order valence-corrected chi connectivity index (χ4v) is 1.93. The maximum Gasteiger partial charge on any atom is 0.107 e. The summed E-state index contributed by atoms with van der Waals surface area (Å²) in [6, 6.07) is 3.03. The van der Waals surface area contributed by atoms with E-state index in [0.717, 1.165) is 12.8 Å². The molecule has 2 rings (SSSR count). The summed E-state index contributed by atoms with van der Waals surface area (Å²) in [5.74, 6) is 0. The summed E-state index contributed by atoms with van der Waals surface area (Å²) in [4.78, 5) is 0. The van der Waals surface area contributed by atoms with Crippen LogP contribution in [0.5, 0.6) is 0 Å². The Labute approximate surface area is 54.9 Å². The lowest BCUT2D eigenvalue weighted by atomic mass is 9.90. The lowest BCUT2D eigenvalue weighted by Gasteiger charge is -2.14. The lowest BCUT2D eigenvalue weighted by molar-refractivity contribution is 0.490. The molecule has 2 nitrogen and oxygen atoms in total. The molecule has 0 saturated carbocycles. The third-order valence-electron chi connectivity index (χ3n) is 2.53. The van der Waals surface area contributed by atoms with Crippen LogP contribution < -0.4 is 5.32 Å². The summed E-state index contributed by atoms with van der Waals surface area (Å²) >= 11 is 0. The van der Waals surface area contributed by atoms with Crippen molar-refractivity contribution in [2.24, 2.45) is 0 Å². The summed E-state index contributed by atoms with van der Waals surface area (Å²) < 4.78 is 0. The van der Waals surface area contributed by atoms with E-state index >= 15 is 0 Å². The Kier molecular flexibility index (Phi) is 0.866. The molecule has 48 valence electrons. The smallest absolute Gasteiger partial charge is 0.107 e. The topological polar surface area (TPSA) is 35.8 Å². The van der Waals surface area contributed by atoms with Crippen LogP contribution in [0.4, 0.5) is 0 Å². The van der Waals surface area contributed by atoms with E-state index in [9.17, 15) is 0 Å². The molecule has 0 unspecified atom stereocenters. The van der Waals surface area contributed by atoms with Crippen molar-refractivity contribution < 1.29 is 0 Å². The second-order valence-electron chi connectivity index (χ2n) is 3.11. The van der Waals surface area contributed by atoms with Crippen molar-refractivity contribution >= 4 is 0 Å². The van der Waals surface area contributed by atoms with Crippen molar-refractivity contribution in [2.45, 2.75) is 37.3 Å². The van der Waals surface area contributed by atoms with Crippen molar-refractivity contribution in [3.63, 3.8) is 0 Å². The zero-order valence-electron chi connectivity index (χ0n) is 5.35. The summed E-state index contributed by atoms with van der Waals surface area (Å²) in [5, 5.41) is 12.1. The molecule has 1 N–H and O–H groups in total. The van der Waals surface area contributed by atoms with Gasteiger partial charge in [-0.05, 0) is 25.7 Å². The summed E-state index contributed by atoms with van der Waals surface area (Å²) in [6.07, 6.45) is 4.59. The molecule has 0 radical (unpaired) electrons. The monoisotopic (exact) mass is 122 g/mol. The van der Waals surface area contributed by atoms with Crippen LogP contribution in [0.2, 0.25) is 0 Å². The van der Waals surface area contributed by atoms with Gasteiger partial charge in [0.05, 0.1) is 6.07 Å². The molecule has 2 heterocycles. The Balaban J connectivity index is 2.25. The van der Waals surface area contributed by atoms with Gasteiger partial charge < -0.3 is 0 Å². The number of fused-ring (bicyclic) bond motifs is 2. The Bertz CT molecular complexity index is 160. The first kappa shape index (κ1) is 5.25. The van der Waals surface area contributed by atoms with Gasteiger partial charge in [-0.25, -0.2) is 0 Å². The van der Waals surface area contributed by atoms with E-state index < -0.39 is 0 Å². The predicted octanol–water partition coefficient (Wildman–Crippen LogP) is 0.795. The second-order valence-corrected chi connectivity index (χ2v) is 3.11. The standard InChI is InChI=1S/C7H10N2/c8-5-7-3-1-6(9-7)2-4-7/h6,9H,1-4H2. The first-order chi connectivity index (χ1) is 4.35. The van der Waals surface area contributed by atoms with Gasteiger partial charge in [-0.15, -0.1) is 0 Å². The van der Waals surface area contributed by atoms with Crippen LogP contribution in [0, 0.1) is 11.3 Å². The van der Waals surface area contributed by atoms with E-state index in [1.165, 1.54) is 12.8 Å². The highest BCUT2D eigenvalue weighted by Gasteiger charge is 2.44. The third kappa shape index (κ3) is 0.585. The van der Waals surface area contributed by atoms with E-state index in [1.807, 2.05) is 0 Å². The fourth-order valence-electron chi connectivity index (χ4n) is 1.93. The van der Waals surface area contributed by atoms with Crippen molar-refractivity contribution in [1.82, 2.24) is 5.32 Å². The van der Waals surface area contributed by atoms with Gasteiger partial charge in [-0.3, -0.25) is 5.32 Å². The van der Waals surface area contributed by atoms with Crippen molar-refractivity contribution in [1.29, 1.82) is 5.26 Å². The molecule has 0 aromatic rings. The molecular weight excluding hydrogens is 112 g/mol. The first-order valence-electron chi connectivity index (χ1n) is 3.54. The highest BCUT2D eigenvalue weighted by Crippen LogP contribution is 2.36. The van der Waals surface area contributed by atoms with Gasteiger partial charge in [0.15, 0.2) is 0 Å². The molecule has 2 aliphatic rings. The molecule has 0 amide bonds. The second kappa shape index (κ2) is 1.48. The summed E-state index contributed by atoms with van der Waals surface area (Å²) in [6.45, 7) is 0. The summed E-state index contributed by atoms with van der Waals surface area (Å²) in [5.41, 5.74) is -0.0926. The predicted molar refractivity (Wildman–Crippen MR) is 33.7 cm³/mol. The number of hydrogen-bond acceptors (Lipinski definition) is 2. The van der Waals surface area contributed by atoms with Crippen LogP contribution in [0.3, 0.4) is 0 Å². The molecule has 2 saturated heterocycles. The highest BCUT2D eigenvalue weighted by molar-refractivity contribution is 5.16. The molecule has 0 aromatic carbocycles. The molecular formula is C7H10N2. The average Bonchev–Trinajstić information content (AvgIpc) is 2.46. The maximum absolute atomic E-state index is 8.73. The number of nitriles is 1. The fraction of sp³-hybridized carbons (Fsp3) is 0.857. The Morgan fingerprint density at radius 1 is 1.44 bits per heavy atom. The molecule has 0 aromatic heterocycles. The van der Waals surface area contributed by atoms with Crippen LogP contribution in [0.1, 0.15) is 25.7 Å². The number of nitrogens with one attached hydrogen (secondary N) is 1. The molecule has 0 aliphatic carbocycles. The van der Waals surface area contributed by atoms with Gasteiger partial charge in [-0.1, -0.05) is 0 Å². The average molecular weight is 122 g/mol. The van der Waals surface area contributed by atoms with Crippen LogP contribution in [-0.4, -0.2) is 11.6 Å². The maximum atomic E-state index is 8.73. The lowest BCUT2D eigenvalue weighted by Crippen LogP contribution is -2.33. The Morgan fingerprint density at radius 3 is 2.33 bits per heavy atom. The minimum Gasteiger partial charge on any atom is -0.297 e. The molecule has 9 heavy (non-hydrogen) atoms. The van der Waals surface area contributed by atoms with E-state index in [4.69, 9.17) is 5.26 Å². The van der Waals surface area contributed by atoms with Crippen molar-refractivity contribution in [3.05, 3.63) is 0 Å². The van der Waals surface area contributed by atoms with Gasteiger partial charge >= 0.3 is 0 Å². The van der Waals surface area contributed by atoms with Crippen LogP contribution in [0.25, 0.3) is 0 Å². The molecule has 0 atom stereocenters. The molecule has 2 bridgehead atoms. The Morgan fingerprint density at radius 2 is 2.11 bits per heavy atom. The van der Waals surface area contributed by atoms with E-state index in [-0.39, 0.29) is 5.54 Å². The molecule has 2 fully saturated rings. The SMILES string of the molecule is N#CC12CCC(CC1)N2. The summed E-state index contributed by atoms with van der Waals surface area (Å²) in [7, 11) is 0. The number of nitrogens with zero attached hydrogens (tertiary/aromatic N) is 1.